The maximum Gasteiger partial charge on any atom is 0.259 e. The van der Waals surface area contributed by atoms with E-state index in [9.17, 15) is 9.59 Å². The Kier molecular flexibility index (Phi) is 5.48. The summed E-state index contributed by atoms with van der Waals surface area (Å²) in [6.45, 7) is 3.20. The first kappa shape index (κ1) is 18.9. The number of aromatic nitrogens is 2. The Morgan fingerprint density at radius 1 is 1.04 bits per heavy atom. The largest absolute Gasteiger partial charge is 0.325 e. The summed E-state index contributed by atoms with van der Waals surface area (Å²) < 4.78 is 1.66. The van der Waals surface area contributed by atoms with Gasteiger partial charge in [-0.15, -0.1) is 0 Å². The van der Waals surface area contributed by atoms with E-state index in [1.54, 1.807) is 35.0 Å². The standard InChI is InChI=1S/C19H16Cl2N4O2/c1-11-16(10-22-25(11)15-6-3-13(20)4-7-15)19(27)24-14-5-8-18(17(21)9-14)23-12(2)26/h3-10H,1-2H3,(H,23,26)(H,24,27). The van der Waals surface area contributed by atoms with E-state index in [1.165, 1.54) is 13.1 Å². The third kappa shape index (κ3) is 4.30. The summed E-state index contributed by atoms with van der Waals surface area (Å²) in [5.74, 6) is -0.532. The van der Waals surface area contributed by atoms with Crippen LogP contribution in [0.15, 0.2) is 48.7 Å². The summed E-state index contributed by atoms with van der Waals surface area (Å²) in [5.41, 5.74) is 2.92. The highest BCUT2D eigenvalue weighted by Crippen LogP contribution is 2.26. The van der Waals surface area contributed by atoms with E-state index < -0.39 is 0 Å². The van der Waals surface area contributed by atoms with Gasteiger partial charge in [-0.3, -0.25) is 9.59 Å². The zero-order chi connectivity index (χ0) is 19.6. The van der Waals surface area contributed by atoms with Crippen LogP contribution in [0.4, 0.5) is 11.4 Å². The topological polar surface area (TPSA) is 76.0 Å². The number of hydrogen-bond donors (Lipinski definition) is 2. The Hall–Kier alpha value is -2.83. The highest BCUT2D eigenvalue weighted by Gasteiger charge is 2.16. The summed E-state index contributed by atoms with van der Waals surface area (Å²) in [4.78, 5) is 23.7. The van der Waals surface area contributed by atoms with Gasteiger partial charge in [-0.05, 0) is 49.4 Å². The van der Waals surface area contributed by atoms with E-state index in [4.69, 9.17) is 23.2 Å². The molecule has 2 aromatic carbocycles. The number of rotatable bonds is 4. The summed E-state index contributed by atoms with van der Waals surface area (Å²) >= 11 is 12.0. The van der Waals surface area contributed by atoms with Crippen LogP contribution in [0.1, 0.15) is 23.0 Å². The monoisotopic (exact) mass is 402 g/mol. The molecule has 1 heterocycles. The van der Waals surface area contributed by atoms with E-state index in [1.807, 2.05) is 19.1 Å². The molecular formula is C19H16Cl2N4O2. The molecule has 1 aromatic heterocycles. The predicted octanol–water partition coefficient (Wildman–Crippen LogP) is 4.70. The van der Waals surface area contributed by atoms with Crippen LogP contribution in [0.2, 0.25) is 10.0 Å². The molecule has 0 radical (unpaired) electrons. The lowest BCUT2D eigenvalue weighted by Crippen LogP contribution is -2.13. The lowest BCUT2D eigenvalue weighted by Gasteiger charge is -2.09. The van der Waals surface area contributed by atoms with Gasteiger partial charge >= 0.3 is 0 Å². The lowest BCUT2D eigenvalue weighted by molar-refractivity contribution is -0.114. The number of hydrogen-bond acceptors (Lipinski definition) is 3. The smallest absolute Gasteiger partial charge is 0.259 e. The van der Waals surface area contributed by atoms with E-state index >= 15 is 0 Å². The normalized spacial score (nSPS) is 10.5. The van der Waals surface area contributed by atoms with Gasteiger partial charge in [0.1, 0.15) is 0 Å². The van der Waals surface area contributed by atoms with Crippen molar-refractivity contribution in [3.05, 3.63) is 70.0 Å². The molecule has 2 amide bonds. The minimum Gasteiger partial charge on any atom is -0.325 e. The van der Waals surface area contributed by atoms with Gasteiger partial charge in [-0.1, -0.05) is 23.2 Å². The fourth-order valence-electron chi connectivity index (χ4n) is 2.56. The van der Waals surface area contributed by atoms with Gasteiger partial charge in [0.15, 0.2) is 0 Å². The quantitative estimate of drug-likeness (QED) is 0.663. The Morgan fingerprint density at radius 2 is 1.74 bits per heavy atom. The molecule has 138 valence electrons. The van der Waals surface area contributed by atoms with Crippen molar-refractivity contribution in [2.24, 2.45) is 0 Å². The van der Waals surface area contributed by atoms with Crippen molar-refractivity contribution in [1.29, 1.82) is 0 Å². The van der Waals surface area contributed by atoms with Gasteiger partial charge in [-0.2, -0.15) is 5.10 Å². The molecule has 0 saturated heterocycles. The molecule has 0 bridgehead atoms. The average Bonchev–Trinajstić information content (AvgIpc) is 2.99. The number of benzene rings is 2. The molecule has 0 spiro atoms. The predicted molar refractivity (Wildman–Crippen MR) is 107 cm³/mol. The molecule has 27 heavy (non-hydrogen) atoms. The third-order valence-electron chi connectivity index (χ3n) is 3.86. The van der Waals surface area contributed by atoms with Crippen molar-refractivity contribution in [3.8, 4) is 5.69 Å². The molecule has 0 unspecified atom stereocenters. The summed E-state index contributed by atoms with van der Waals surface area (Å²) in [6, 6.07) is 12.0. The number of carbonyl (C=O) groups excluding carboxylic acids is 2. The van der Waals surface area contributed by atoms with Gasteiger partial charge in [-0.25, -0.2) is 4.68 Å². The molecule has 8 heteroatoms. The number of anilines is 2. The zero-order valence-electron chi connectivity index (χ0n) is 14.6. The van der Waals surface area contributed by atoms with Gasteiger partial charge in [0.2, 0.25) is 5.91 Å². The molecule has 0 aliphatic carbocycles. The minimum atomic E-state index is -0.309. The first-order chi connectivity index (χ1) is 12.8. The number of amides is 2. The molecule has 0 aliphatic heterocycles. The van der Waals surface area contributed by atoms with E-state index in [-0.39, 0.29) is 11.8 Å². The second-order valence-electron chi connectivity index (χ2n) is 5.86. The molecular weight excluding hydrogens is 387 g/mol. The van der Waals surface area contributed by atoms with Gasteiger partial charge in [0, 0.05) is 17.6 Å². The summed E-state index contributed by atoms with van der Waals surface area (Å²) in [6.07, 6.45) is 1.51. The van der Waals surface area contributed by atoms with E-state index in [0.29, 0.717) is 32.7 Å². The molecule has 2 N–H and O–H groups in total. The average molecular weight is 403 g/mol. The van der Waals surface area contributed by atoms with Crippen LogP contribution in [0.3, 0.4) is 0 Å². The van der Waals surface area contributed by atoms with Crippen LogP contribution in [-0.4, -0.2) is 21.6 Å². The van der Waals surface area contributed by atoms with Crippen molar-refractivity contribution in [1.82, 2.24) is 9.78 Å². The van der Waals surface area contributed by atoms with Gasteiger partial charge in [0.05, 0.1) is 33.9 Å². The van der Waals surface area contributed by atoms with Crippen LogP contribution >= 0.6 is 23.2 Å². The van der Waals surface area contributed by atoms with Crippen LogP contribution in [0.25, 0.3) is 5.69 Å². The summed E-state index contributed by atoms with van der Waals surface area (Å²) in [7, 11) is 0. The Bertz CT molecular complexity index is 1010. The van der Waals surface area contributed by atoms with Crippen molar-refractivity contribution in [3.63, 3.8) is 0 Å². The van der Waals surface area contributed by atoms with Crippen molar-refractivity contribution >= 4 is 46.4 Å². The van der Waals surface area contributed by atoms with E-state index in [2.05, 4.69) is 15.7 Å². The molecule has 3 aromatic rings. The maximum absolute atomic E-state index is 12.6. The van der Waals surface area contributed by atoms with Gasteiger partial charge in [0.25, 0.3) is 5.91 Å². The van der Waals surface area contributed by atoms with Crippen molar-refractivity contribution in [2.75, 3.05) is 10.6 Å². The second-order valence-corrected chi connectivity index (χ2v) is 6.71. The molecule has 0 atom stereocenters. The molecule has 3 rings (SSSR count). The Labute approximate surface area is 166 Å². The Balaban J connectivity index is 1.80. The van der Waals surface area contributed by atoms with Crippen molar-refractivity contribution < 1.29 is 9.59 Å². The molecule has 6 nitrogen and oxygen atoms in total. The van der Waals surface area contributed by atoms with Gasteiger partial charge < -0.3 is 10.6 Å². The SMILES string of the molecule is CC(=O)Nc1ccc(NC(=O)c2cnn(-c3ccc(Cl)cc3)c2C)cc1Cl. The van der Waals surface area contributed by atoms with Crippen LogP contribution in [0, 0.1) is 6.92 Å². The highest BCUT2D eigenvalue weighted by molar-refractivity contribution is 6.34. The van der Waals surface area contributed by atoms with E-state index in [0.717, 1.165) is 5.69 Å². The minimum absolute atomic E-state index is 0.223. The fraction of sp³-hybridized carbons (Fsp3) is 0.105. The van der Waals surface area contributed by atoms with Crippen LogP contribution in [0.5, 0.6) is 0 Å². The number of halogens is 2. The zero-order valence-corrected chi connectivity index (χ0v) is 16.1. The summed E-state index contributed by atoms with van der Waals surface area (Å²) in [5, 5.41) is 10.6. The Morgan fingerprint density at radius 3 is 2.37 bits per heavy atom. The number of nitrogens with zero attached hydrogens (tertiary/aromatic N) is 2. The maximum atomic E-state index is 12.6. The number of carbonyl (C=O) groups is 2. The first-order valence-corrected chi connectivity index (χ1v) is 8.80. The fourth-order valence-corrected chi connectivity index (χ4v) is 2.91. The van der Waals surface area contributed by atoms with Crippen molar-refractivity contribution in [2.45, 2.75) is 13.8 Å². The molecule has 0 aliphatic rings. The van der Waals surface area contributed by atoms with Crippen LogP contribution in [-0.2, 0) is 4.79 Å². The lowest BCUT2D eigenvalue weighted by atomic mass is 10.2. The molecule has 0 fully saturated rings. The number of nitrogens with one attached hydrogen (secondary N) is 2. The second kappa shape index (κ2) is 7.82. The van der Waals surface area contributed by atoms with Crippen LogP contribution < -0.4 is 10.6 Å². The third-order valence-corrected chi connectivity index (χ3v) is 4.43. The molecule has 0 saturated carbocycles. The highest BCUT2D eigenvalue weighted by atomic mass is 35.5. The first-order valence-electron chi connectivity index (χ1n) is 8.04.